The molecule has 1 aromatic rings. The first-order valence-electron chi connectivity index (χ1n) is 5.28. The van der Waals surface area contributed by atoms with E-state index in [4.69, 9.17) is 14.2 Å². The molecule has 0 amide bonds. The van der Waals surface area contributed by atoms with Gasteiger partial charge in [-0.1, -0.05) is 20.4 Å². The molecule has 3 nitrogen and oxygen atoms in total. The van der Waals surface area contributed by atoms with Crippen molar-refractivity contribution in [3.63, 3.8) is 0 Å². The van der Waals surface area contributed by atoms with Gasteiger partial charge in [0.2, 0.25) is 6.29 Å². The Balaban J connectivity index is 1.97. The molecular formula is C13H16O3. The molecule has 1 aliphatic heterocycles. The lowest BCUT2D eigenvalue weighted by atomic mass is 9.89. The molecule has 1 heterocycles. The maximum Gasteiger partial charge on any atom is 0.207 e. The van der Waals surface area contributed by atoms with E-state index in [2.05, 4.69) is 20.4 Å². The molecule has 86 valence electrons. The fourth-order valence-electron chi connectivity index (χ4n) is 1.49. The average Bonchev–Trinajstić information content (AvgIpc) is 2.27. The normalized spacial score (nSPS) is 22.0. The Bertz CT molecular complexity index is 367. The zero-order valence-electron chi connectivity index (χ0n) is 9.60. The minimum absolute atomic E-state index is 0.0935. The third-order valence-electron chi connectivity index (χ3n) is 2.53. The Morgan fingerprint density at radius 1 is 1.31 bits per heavy atom. The van der Waals surface area contributed by atoms with Crippen molar-refractivity contribution in [1.82, 2.24) is 0 Å². The Morgan fingerprint density at radius 3 is 2.38 bits per heavy atom. The van der Waals surface area contributed by atoms with E-state index in [9.17, 15) is 0 Å². The van der Waals surface area contributed by atoms with E-state index in [0.717, 1.165) is 18.1 Å². The van der Waals surface area contributed by atoms with Crippen molar-refractivity contribution in [3.05, 3.63) is 37.1 Å². The molecule has 0 spiro atoms. The largest absolute Gasteiger partial charge is 0.466 e. The van der Waals surface area contributed by atoms with Crippen molar-refractivity contribution in [1.29, 1.82) is 0 Å². The van der Waals surface area contributed by atoms with Gasteiger partial charge < -0.3 is 14.2 Å². The second kappa shape index (κ2) is 4.18. The minimum atomic E-state index is -0.154. The van der Waals surface area contributed by atoms with Gasteiger partial charge in [0.1, 0.15) is 11.5 Å². The summed E-state index contributed by atoms with van der Waals surface area (Å²) < 4.78 is 16.2. The van der Waals surface area contributed by atoms with Gasteiger partial charge in [0, 0.05) is 0 Å². The lowest BCUT2D eigenvalue weighted by Gasteiger charge is -2.43. The van der Waals surface area contributed by atoms with Crippen LogP contribution in [0.25, 0.3) is 0 Å². The topological polar surface area (TPSA) is 27.7 Å². The summed E-state index contributed by atoms with van der Waals surface area (Å²) in [7, 11) is 0. The van der Waals surface area contributed by atoms with Crippen LogP contribution in [0.2, 0.25) is 0 Å². The molecule has 3 heteroatoms. The highest BCUT2D eigenvalue weighted by Gasteiger charge is 2.42. The van der Waals surface area contributed by atoms with E-state index in [1.165, 1.54) is 6.26 Å². The number of hydrogen-bond donors (Lipinski definition) is 0. The molecule has 0 saturated carbocycles. The highest BCUT2D eigenvalue weighted by Crippen LogP contribution is 2.35. The second-order valence-electron chi connectivity index (χ2n) is 4.51. The first-order chi connectivity index (χ1) is 7.62. The maximum atomic E-state index is 5.70. The van der Waals surface area contributed by atoms with Crippen LogP contribution in [0.3, 0.4) is 0 Å². The van der Waals surface area contributed by atoms with E-state index >= 15 is 0 Å². The Morgan fingerprint density at radius 2 is 1.94 bits per heavy atom. The average molecular weight is 220 g/mol. The van der Waals surface area contributed by atoms with Crippen LogP contribution in [0.5, 0.6) is 11.5 Å². The SMILES string of the molecule is C=COc1ccc(OC2OCC2(C)C)cc1. The first-order valence-corrected chi connectivity index (χ1v) is 5.28. The van der Waals surface area contributed by atoms with Gasteiger partial charge in [0.25, 0.3) is 0 Å². The van der Waals surface area contributed by atoms with Crippen molar-refractivity contribution >= 4 is 0 Å². The van der Waals surface area contributed by atoms with Crippen LogP contribution in [0.4, 0.5) is 0 Å². The summed E-state index contributed by atoms with van der Waals surface area (Å²) in [6, 6.07) is 7.39. The van der Waals surface area contributed by atoms with Crippen LogP contribution in [0.1, 0.15) is 13.8 Å². The van der Waals surface area contributed by atoms with Crippen molar-refractivity contribution < 1.29 is 14.2 Å². The maximum absolute atomic E-state index is 5.70. The van der Waals surface area contributed by atoms with Gasteiger partial charge in [-0.15, -0.1) is 0 Å². The number of rotatable bonds is 4. The quantitative estimate of drug-likeness (QED) is 0.730. The number of hydrogen-bond acceptors (Lipinski definition) is 3. The monoisotopic (exact) mass is 220 g/mol. The van der Waals surface area contributed by atoms with E-state index in [1.807, 2.05) is 24.3 Å². The molecule has 16 heavy (non-hydrogen) atoms. The van der Waals surface area contributed by atoms with Crippen LogP contribution in [0.15, 0.2) is 37.1 Å². The summed E-state index contributed by atoms with van der Waals surface area (Å²) in [4.78, 5) is 0. The van der Waals surface area contributed by atoms with E-state index < -0.39 is 0 Å². The number of ether oxygens (including phenoxy) is 3. The summed E-state index contributed by atoms with van der Waals surface area (Å²) in [5.74, 6) is 1.53. The Kier molecular flexibility index (Phi) is 2.88. The molecule has 1 atom stereocenters. The molecule has 0 N–H and O–H groups in total. The third kappa shape index (κ3) is 2.19. The molecule has 0 aromatic heterocycles. The van der Waals surface area contributed by atoms with E-state index in [0.29, 0.717) is 0 Å². The zero-order chi connectivity index (χ0) is 11.6. The van der Waals surface area contributed by atoms with Gasteiger partial charge in [-0.05, 0) is 24.3 Å². The van der Waals surface area contributed by atoms with Crippen LogP contribution in [-0.4, -0.2) is 12.9 Å². The van der Waals surface area contributed by atoms with Crippen LogP contribution >= 0.6 is 0 Å². The van der Waals surface area contributed by atoms with Gasteiger partial charge in [0.05, 0.1) is 18.3 Å². The van der Waals surface area contributed by atoms with Gasteiger partial charge in [-0.2, -0.15) is 0 Å². The minimum Gasteiger partial charge on any atom is -0.466 e. The Hall–Kier alpha value is -1.48. The highest BCUT2D eigenvalue weighted by atomic mass is 16.7. The first kappa shape index (κ1) is 11.0. The Labute approximate surface area is 95.6 Å². The summed E-state index contributed by atoms with van der Waals surface area (Å²) in [6.07, 6.45) is 1.24. The molecule has 1 aromatic carbocycles. The summed E-state index contributed by atoms with van der Waals surface area (Å²) in [6.45, 7) is 8.48. The standard InChI is InChI=1S/C13H16O3/c1-4-14-10-5-7-11(8-6-10)16-12-13(2,3)9-15-12/h4-8,12H,1,9H2,2-3H3. The van der Waals surface area contributed by atoms with Gasteiger partial charge in [-0.3, -0.25) is 0 Å². The van der Waals surface area contributed by atoms with Crippen molar-refractivity contribution in [2.75, 3.05) is 6.61 Å². The zero-order valence-corrected chi connectivity index (χ0v) is 9.60. The van der Waals surface area contributed by atoms with Crippen molar-refractivity contribution in [2.24, 2.45) is 5.41 Å². The third-order valence-corrected chi connectivity index (χ3v) is 2.53. The van der Waals surface area contributed by atoms with Crippen molar-refractivity contribution in [2.45, 2.75) is 20.1 Å². The van der Waals surface area contributed by atoms with Gasteiger partial charge in [-0.25, -0.2) is 0 Å². The van der Waals surface area contributed by atoms with Crippen molar-refractivity contribution in [3.8, 4) is 11.5 Å². The molecule has 2 rings (SSSR count). The van der Waals surface area contributed by atoms with Gasteiger partial charge >= 0.3 is 0 Å². The molecule has 0 radical (unpaired) electrons. The fourth-order valence-corrected chi connectivity index (χ4v) is 1.49. The molecule has 1 aliphatic rings. The summed E-state index contributed by atoms with van der Waals surface area (Å²) in [5.41, 5.74) is 0.0935. The summed E-state index contributed by atoms with van der Waals surface area (Å²) >= 11 is 0. The van der Waals surface area contributed by atoms with Crippen LogP contribution in [-0.2, 0) is 4.74 Å². The predicted molar refractivity (Wildman–Crippen MR) is 61.4 cm³/mol. The predicted octanol–water partition coefficient (Wildman–Crippen LogP) is 2.97. The lowest BCUT2D eigenvalue weighted by molar-refractivity contribution is -0.259. The van der Waals surface area contributed by atoms with Crippen LogP contribution in [0, 0.1) is 5.41 Å². The number of benzene rings is 1. The highest BCUT2D eigenvalue weighted by molar-refractivity contribution is 5.31. The fraction of sp³-hybridized carbons (Fsp3) is 0.385. The molecule has 1 saturated heterocycles. The second-order valence-corrected chi connectivity index (χ2v) is 4.51. The summed E-state index contributed by atoms with van der Waals surface area (Å²) in [5, 5.41) is 0. The van der Waals surface area contributed by atoms with E-state index in [-0.39, 0.29) is 11.7 Å². The van der Waals surface area contributed by atoms with Crippen LogP contribution < -0.4 is 9.47 Å². The molecule has 0 bridgehead atoms. The molecular weight excluding hydrogens is 204 g/mol. The molecule has 0 aliphatic carbocycles. The van der Waals surface area contributed by atoms with E-state index in [1.54, 1.807) is 0 Å². The molecule has 1 unspecified atom stereocenters. The smallest absolute Gasteiger partial charge is 0.207 e. The van der Waals surface area contributed by atoms with Gasteiger partial charge in [0.15, 0.2) is 0 Å². The molecule has 1 fully saturated rings. The lowest BCUT2D eigenvalue weighted by Crippen LogP contribution is -2.51.